The van der Waals surface area contributed by atoms with Crippen LogP contribution in [0.15, 0.2) is 24.3 Å². The summed E-state index contributed by atoms with van der Waals surface area (Å²) in [6.07, 6.45) is 1.42. The molecule has 0 aliphatic heterocycles. The first-order valence-corrected chi connectivity index (χ1v) is 7.20. The number of nitrogens with two attached hydrogens (primary N) is 1. The molecule has 1 aromatic carbocycles. The molecule has 112 valence electrons. The van der Waals surface area contributed by atoms with Crippen LogP contribution in [-0.4, -0.2) is 17.6 Å². The maximum atomic E-state index is 12.0. The van der Waals surface area contributed by atoms with E-state index in [9.17, 15) is 9.90 Å². The van der Waals surface area contributed by atoms with Crippen molar-refractivity contribution in [2.24, 2.45) is 17.6 Å². The van der Waals surface area contributed by atoms with Crippen molar-refractivity contribution in [3.05, 3.63) is 29.8 Å². The number of hydrogen-bond acceptors (Lipinski definition) is 3. The molecule has 1 unspecified atom stereocenters. The van der Waals surface area contributed by atoms with Gasteiger partial charge in [0.1, 0.15) is 5.75 Å². The molecule has 0 aliphatic rings. The monoisotopic (exact) mass is 278 g/mol. The van der Waals surface area contributed by atoms with Crippen LogP contribution in [0.25, 0.3) is 0 Å². The van der Waals surface area contributed by atoms with E-state index in [0.29, 0.717) is 18.9 Å². The average Bonchev–Trinajstić information content (AvgIpc) is 2.37. The zero-order chi connectivity index (χ0) is 15.1. The third kappa shape index (κ3) is 5.61. The molecule has 1 rings (SSSR count). The van der Waals surface area contributed by atoms with Gasteiger partial charge in [-0.3, -0.25) is 4.79 Å². The number of rotatable bonds is 7. The van der Waals surface area contributed by atoms with Crippen LogP contribution in [0.1, 0.15) is 45.2 Å². The molecular formula is C16H26N2O2. The van der Waals surface area contributed by atoms with E-state index in [0.717, 1.165) is 12.0 Å². The van der Waals surface area contributed by atoms with Gasteiger partial charge < -0.3 is 16.2 Å². The number of phenolic OH excluding ortho intramolecular Hbond substituents is 1. The lowest BCUT2D eigenvalue weighted by atomic mass is 9.94. The average molecular weight is 278 g/mol. The van der Waals surface area contributed by atoms with Crippen molar-refractivity contribution in [3.63, 3.8) is 0 Å². The summed E-state index contributed by atoms with van der Waals surface area (Å²) in [6.45, 7) is 6.71. The minimum absolute atomic E-state index is 0.0111. The van der Waals surface area contributed by atoms with Crippen molar-refractivity contribution < 1.29 is 9.90 Å². The molecule has 0 fully saturated rings. The third-order valence-corrected chi connectivity index (χ3v) is 3.36. The number of carbonyl (C=O) groups excluding carboxylic acids is 1. The van der Waals surface area contributed by atoms with Gasteiger partial charge in [-0.1, -0.05) is 26.0 Å². The molecule has 4 heteroatoms. The maximum Gasteiger partial charge on any atom is 0.220 e. The standard InChI is InChI=1S/C16H26N2O2/c1-11(2)7-13(10-17)8-16(20)18-12(3)14-5-4-6-15(19)9-14/h4-6,9,11-13,19H,7-8,10,17H2,1-3H3,(H,18,20)/t12?,13-/m0/s1. The van der Waals surface area contributed by atoms with Crippen LogP contribution >= 0.6 is 0 Å². The molecule has 0 saturated heterocycles. The number of nitrogens with one attached hydrogen (secondary N) is 1. The summed E-state index contributed by atoms with van der Waals surface area (Å²) < 4.78 is 0. The van der Waals surface area contributed by atoms with Crippen molar-refractivity contribution >= 4 is 5.91 Å². The Kier molecular flexibility index (Phi) is 6.52. The highest BCUT2D eigenvalue weighted by atomic mass is 16.3. The molecule has 2 atom stereocenters. The van der Waals surface area contributed by atoms with Gasteiger partial charge in [-0.2, -0.15) is 0 Å². The number of carbonyl (C=O) groups is 1. The summed E-state index contributed by atoms with van der Waals surface area (Å²) in [4.78, 5) is 12.0. The Hall–Kier alpha value is -1.55. The third-order valence-electron chi connectivity index (χ3n) is 3.36. The van der Waals surface area contributed by atoms with E-state index < -0.39 is 0 Å². The van der Waals surface area contributed by atoms with E-state index in [-0.39, 0.29) is 23.6 Å². The molecule has 4 N–H and O–H groups in total. The van der Waals surface area contributed by atoms with Crippen LogP contribution in [0.5, 0.6) is 5.75 Å². The molecule has 0 spiro atoms. The maximum absolute atomic E-state index is 12.0. The zero-order valence-electron chi connectivity index (χ0n) is 12.6. The smallest absolute Gasteiger partial charge is 0.220 e. The van der Waals surface area contributed by atoms with Crippen LogP contribution < -0.4 is 11.1 Å². The first-order chi connectivity index (χ1) is 9.42. The van der Waals surface area contributed by atoms with Crippen molar-refractivity contribution in [2.45, 2.75) is 39.7 Å². The van der Waals surface area contributed by atoms with E-state index in [1.807, 2.05) is 13.0 Å². The molecular weight excluding hydrogens is 252 g/mol. The quantitative estimate of drug-likeness (QED) is 0.717. The van der Waals surface area contributed by atoms with Gasteiger partial charge in [0.05, 0.1) is 6.04 Å². The summed E-state index contributed by atoms with van der Waals surface area (Å²) in [5.74, 6) is 0.992. The largest absolute Gasteiger partial charge is 0.508 e. The van der Waals surface area contributed by atoms with Gasteiger partial charge in [-0.25, -0.2) is 0 Å². The van der Waals surface area contributed by atoms with Crippen LogP contribution in [0.4, 0.5) is 0 Å². The summed E-state index contributed by atoms with van der Waals surface area (Å²) in [6, 6.07) is 6.82. The summed E-state index contributed by atoms with van der Waals surface area (Å²) in [7, 11) is 0. The summed E-state index contributed by atoms with van der Waals surface area (Å²) >= 11 is 0. The lowest BCUT2D eigenvalue weighted by Crippen LogP contribution is -2.30. The highest BCUT2D eigenvalue weighted by Crippen LogP contribution is 2.19. The number of hydrogen-bond donors (Lipinski definition) is 3. The number of aromatic hydroxyl groups is 1. The van der Waals surface area contributed by atoms with Crippen LogP contribution in [0, 0.1) is 11.8 Å². The minimum atomic E-state index is -0.118. The Bertz CT molecular complexity index is 432. The Labute approximate surface area is 121 Å². The molecule has 4 nitrogen and oxygen atoms in total. The van der Waals surface area contributed by atoms with E-state index in [1.54, 1.807) is 18.2 Å². The molecule has 0 heterocycles. The molecule has 0 saturated carbocycles. The van der Waals surface area contributed by atoms with E-state index in [4.69, 9.17) is 5.73 Å². The summed E-state index contributed by atoms with van der Waals surface area (Å²) in [5.41, 5.74) is 6.61. The van der Waals surface area contributed by atoms with Crippen LogP contribution in [0.2, 0.25) is 0 Å². The Morgan fingerprint density at radius 2 is 2.05 bits per heavy atom. The Balaban J connectivity index is 2.53. The second-order valence-electron chi connectivity index (χ2n) is 5.82. The summed E-state index contributed by atoms with van der Waals surface area (Å²) in [5, 5.41) is 12.4. The number of phenols is 1. The van der Waals surface area contributed by atoms with E-state index in [2.05, 4.69) is 19.2 Å². The molecule has 20 heavy (non-hydrogen) atoms. The normalized spacial score (nSPS) is 14.1. The molecule has 0 aromatic heterocycles. The Morgan fingerprint density at radius 3 is 2.60 bits per heavy atom. The van der Waals surface area contributed by atoms with Gasteiger partial charge in [-0.05, 0) is 49.4 Å². The minimum Gasteiger partial charge on any atom is -0.508 e. The first kappa shape index (κ1) is 16.5. The molecule has 0 aliphatic carbocycles. The van der Waals surface area contributed by atoms with Crippen molar-refractivity contribution in [2.75, 3.05) is 6.54 Å². The van der Waals surface area contributed by atoms with Crippen LogP contribution in [-0.2, 0) is 4.79 Å². The highest BCUT2D eigenvalue weighted by Gasteiger charge is 2.16. The lowest BCUT2D eigenvalue weighted by Gasteiger charge is -2.19. The predicted octanol–water partition coefficient (Wildman–Crippen LogP) is 2.58. The topological polar surface area (TPSA) is 75.4 Å². The molecule has 0 radical (unpaired) electrons. The van der Waals surface area contributed by atoms with Gasteiger partial charge in [0, 0.05) is 6.42 Å². The van der Waals surface area contributed by atoms with Gasteiger partial charge in [-0.15, -0.1) is 0 Å². The van der Waals surface area contributed by atoms with Crippen molar-refractivity contribution in [1.82, 2.24) is 5.32 Å². The van der Waals surface area contributed by atoms with Gasteiger partial charge >= 0.3 is 0 Å². The molecule has 0 bridgehead atoms. The van der Waals surface area contributed by atoms with Gasteiger partial charge in [0.15, 0.2) is 0 Å². The van der Waals surface area contributed by atoms with Crippen molar-refractivity contribution in [3.8, 4) is 5.75 Å². The Morgan fingerprint density at radius 1 is 1.35 bits per heavy atom. The van der Waals surface area contributed by atoms with E-state index >= 15 is 0 Å². The first-order valence-electron chi connectivity index (χ1n) is 7.20. The highest BCUT2D eigenvalue weighted by molar-refractivity contribution is 5.76. The fourth-order valence-corrected chi connectivity index (χ4v) is 2.37. The fraction of sp³-hybridized carbons (Fsp3) is 0.562. The second kappa shape index (κ2) is 7.90. The van der Waals surface area contributed by atoms with Gasteiger partial charge in [0.2, 0.25) is 5.91 Å². The van der Waals surface area contributed by atoms with Crippen LogP contribution in [0.3, 0.4) is 0 Å². The number of amides is 1. The van der Waals surface area contributed by atoms with Gasteiger partial charge in [0.25, 0.3) is 0 Å². The number of benzene rings is 1. The van der Waals surface area contributed by atoms with Crippen molar-refractivity contribution in [1.29, 1.82) is 0 Å². The molecule has 1 aromatic rings. The molecule has 1 amide bonds. The predicted molar refractivity (Wildman–Crippen MR) is 81.3 cm³/mol. The lowest BCUT2D eigenvalue weighted by molar-refractivity contribution is -0.122. The fourth-order valence-electron chi connectivity index (χ4n) is 2.37. The van der Waals surface area contributed by atoms with E-state index in [1.165, 1.54) is 0 Å². The second-order valence-corrected chi connectivity index (χ2v) is 5.82. The SMILES string of the molecule is CC(C)C[C@H](CN)CC(=O)NC(C)c1cccc(O)c1. The zero-order valence-corrected chi connectivity index (χ0v) is 12.6.